The molecule has 1 atom stereocenters. The van der Waals surface area contributed by atoms with Crippen LogP contribution in [0.5, 0.6) is 0 Å². The molecule has 0 N–H and O–H groups in total. The van der Waals surface area contributed by atoms with Gasteiger partial charge in [0.15, 0.2) is 0 Å². The van der Waals surface area contributed by atoms with E-state index in [2.05, 4.69) is 110 Å². The highest BCUT2D eigenvalue weighted by atomic mass is 79.9. The monoisotopic (exact) mass is 454 g/mol. The number of anilines is 1. The van der Waals surface area contributed by atoms with Gasteiger partial charge in [0.1, 0.15) is 0 Å². The van der Waals surface area contributed by atoms with E-state index in [9.17, 15) is 0 Å². The van der Waals surface area contributed by atoms with Crippen molar-refractivity contribution in [2.45, 2.75) is 12.5 Å². The Morgan fingerprint density at radius 3 is 2.28 bits per heavy atom. The van der Waals surface area contributed by atoms with E-state index in [-0.39, 0.29) is 6.04 Å². The van der Waals surface area contributed by atoms with E-state index in [0.717, 1.165) is 26.8 Å². The van der Waals surface area contributed by atoms with Gasteiger partial charge in [-0.2, -0.15) is 5.10 Å². The molecule has 4 rings (SSSR count). The standard InChI is InChI=1S/C21H16Br2N2/c22-17-11-9-15(10-12-17)20-14-21(16-5-2-1-3-6-16)25(24-20)19-8-4-7-18(23)13-19/h1-13,21H,14H2/t21-/m1/s1. The van der Waals surface area contributed by atoms with Gasteiger partial charge in [-0.15, -0.1) is 0 Å². The third kappa shape index (κ3) is 3.55. The Kier molecular flexibility index (Phi) is 4.73. The average molecular weight is 456 g/mol. The van der Waals surface area contributed by atoms with Crippen LogP contribution in [-0.2, 0) is 0 Å². The van der Waals surface area contributed by atoms with E-state index in [0.29, 0.717) is 0 Å². The van der Waals surface area contributed by atoms with Crippen molar-refractivity contribution < 1.29 is 0 Å². The summed E-state index contributed by atoms with van der Waals surface area (Å²) in [4.78, 5) is 0. The van der Waals surface area contributed by atoms with E-state index in [4.69, 9.17) is 5.10 Å². The second-order valence-electron chi connectivity index (χ2n) is 6.01. The molecule has 0 radical (unpaired) electrons. The number of hydrazone groups is 1. The van der Waals surface area contributed by atoms with Gasteiger partial charge in [0, 0.05) is 15.4 Å². The molecule has 0 aliphatic carbocycles. The molecule has 25 heavy (non-hydrogen) atoms. The van der Waals surface area contributed by atoms with Crippen molar-refractivity contribution in [1.82, 2.24) is 0 Å². The third-order valence-electron chi connectivity index (χ3n) is 4.34. The lowest BCUT2D eigenvalue weighted by molar-refractivity contribution is 0.709. The minimum Gasteiger partial charge on any atom is -0.257 e. The summed E-state index contributed by atoms with van der Waals surface area (Å²) in [7, 11) is 0. The van der Waals surface area contributed by atoms with E-state index in [1.165, 1.54) is 11.1 Å². The molecule has 0 bridgehead atoms. The Bertz CT molecular complexity index is 905. The zero-order chi connectivity index (χ0) is 17.2. The quantitative estimate of drug-likeness (QED) is 0.436. The fourth-order valence-corrected chi connectivity index (χ4v) is 3.77. The van der Waals surface area contributed by atoms with E-state index in [1.807, 2.05) is 6.07 Å². The van der Waals surface area contributed by atoms with Gasteiger partial charge in [-0.05, 0) is 41.5 Å². The molecule has 0 spiro atoms. The lowest BCUT2D eigenvalue weighted by atomic mass is 9.98. The summed E-state index contributed by atoms with van der Waals surface area (Å²) >= 11 is 7.08. The van der Waals surface area contributed by atoms with Crippen molar-refractivity contribution in [3.8, 4) is 0 Å². The Labute approximate surface area is 164 Å². The summed E-state index contributed by atoms with van der Waals surface area (Å²) in [5.41, 5.74) is 4.65. The first-order chi connectivity index (χ1) is 12.2. The van der Waals surface area contributed by atoms with Crippen LogP contribution >= 0.6 is 31.9 Å². The zero-order valence-corrected chi connectivity index (χ0v) is 16.6. The van der Waals surface area contributed by atoms with Gasteiger partial charge in [0.05, 0.1) is 17.4 Å². The second-order valence-corrected chi connectivity index (χ2v) is 7.84. The van der Waals surface area contributed by atoms with Gasteiger partial charge in [0.25, 0.3) is 0 Å². The zero-order valence-electron chi connectivity index (χ0n) is 13.4. The number of hydrogen-bond acceptors (Lipinski definition) is 2. The number of benzene rings is 3. The van der Waals surface area contributed by atoms with Crippen LogP contribution in [0.2, 0.25) is 0 Å². The summed E-state index contributed by atoms with van der Waals surface area (Å²) in [5.74, 6) is 0. The van der Waals surface area contributed by atoms with E-state index >= 15 is 0 Å². The number of halogens is 2. The van der Waals surface area contributed by atoms with Crippen LogP contribution in [0.4, 0.5) is 5.69 Å². The van der Waals surface area contributed by atoms with Gasteiger partial charge < -0.3 is 0 Å². The maximum absolute atomic E-state index is 4.97. The first-order valence-electron chi connectivity index (χ1n) is 8.14. The summed E-state index contributed by atoms with van der Waals surface area (Å²) in [6.07, 6.45) is 0.887. The smallest absolute Gasteiger partial charge is 0.0831 e. The molecule has 0 saturated carbocycles. The molecular formula is C21H16Br2N2. The molecule has 0 fully saturated rings. The summed E-state index contributed by atoms with van der Waals surface area (Å²) in [5, 5.41) is 7.11. The lowest BCUT2D eigenvalue weighted by Gasteiger charge is -2.24. The first-order valence-corrected chi connectivity index (χ1v) is 9.72. The summed E-state index contributed by atoms with van der Waals surface area (Å²) in [6.45, 7) is 0. The highest BCUT2D eigenvalue weighted by Gasteiger charge is 2.29. The fourth-order valence-electron chi connectivity index (χ4n) is 3.12. The van der Waals surface area contributed by atoms with Gasteiger partial charge in [-0.1, -0.05) is 80.4 Å². The Morgan fingerprint density at radius 1 is 0.800 bits per heavy atom. The van der Waals surface area contributed by atoms with Gasteiger partial charge in [-0.3, -0.25) is 5.01 Å². The van der Waals surface area contributed by atoms with Crippen LogP contribution in [0.25, 0.3) is 0 Å². The highest BCUT2D eigenvalue weighted by molar-refractivity contribution is 9.10. The van der Waals surface area contributed by atoms with Crippen LogP contribution in [0, 0.1) is 0 Å². The van der Waals surface area contributed by atoms with Crippen molar-refractivity contribution in [1.29, 1.82) is 0 Å². The van der Waals surface area contributed by atoms with E-state index < -0.39 is 0 Å². The molecule has 3 aromatic carbocycles. The number of hydrogen-bond donors (Lipinski definition) is 0. The van der Waals surface area contributed by atoms with E-state index in [1.54, 1.807) is 0 Å². The largest absolute Gasteiger partial charge is 0.257 e. The van der Waals surface area contributed by atoms with Crippen molar-refractivity contribution in [3.05, 3.63) is 98.9 Å². The second kappa shape index (κ2) is 7.14. The molecule has 0 amide bonds. The topological polar surface area (TPSA) is 15.6 Å². The van der Waals surface area contributed by atoms with Gasteiger partial charge in [0.2, 0.25) is 0 Å². The predicted molar refractivity (Wildman–Crippen MR) is 111 cm³/mol. The molecule has 124 valence electrons. The molecule has 2 nitrogen and oxygen atoms in total. The molecule has 0 saturated heterocycles. The number of rotatable bonds is 3. The lowest BCUT2D eigenvalue weighted by Crippen LogP contribution is -2.18. The maximum Gasteiger partial charge on any atom is 0.0831 e. The summed E-state index contributed by atoms with van der Waals surface area (Å²) < 4.78 is 2.14. The molecular weight excluding hydrogens is 440 g/mol. The van der Waals surface area contributed by atoms with Crippen LogP contribution in [0.3, 0.4) is 0 Å². The van der Waals surface area contributed by atoms with Crippen molar-refractivity contribution in [2.24, 2.45) is 5.10 Å². The van der Waals surface area contributed by atoms with Gasteiger partial charge in [-0.25, -0.2) is 0 Å². The maximum atomic E-state index is 4.97. The van der Waals surface area contributed by atoms with Crippen molar-refractivity contribution in [3.63, 3.8) is 0 Å². The molecule has 4 heteroatoms. The number of nitrogens with zero attached hydrogens (tertiary/aromatic N) is 2. The third-order valence-corrected chi connectivity index (χ3v) is 5.37. The minimum atomic E-state index is 0.203. The van der Waals surface area contributed by atoms with Crippen molar-refractivity contribution in [2.75, 3.05) is 5.01 Å². The first kappa shape index (κ1) is 16.6. The fraction of sp³-hybridized carbons (Fsp3) is 0.0952. The van der Waals surface area contributed by atoms with Crippen LogP contribution in [0.15, 0.2) is 92.9 Å². The normalized spacial score (nSPS) is 16.8. The Hall–Kier alpha value is -1.91. The molecule has 3 aromatic rings. The predicted octanol–water partition coefficient (Wildman–Crippen LogP) is 6.57. The SMILES string of the molecule is Brc1ccc(C2=NN(c3cccc(Br)c3)[C@@H](c3ccccc3)C2)cc1. The highest BCUT2D eigenvalue weighted by Crippen LogP contribution is 2.37. The molecule has 0 unspecified atom stereocenters. The average Bonchev–Trinajstić information content (AvgIpc) is 3.08. The summed E-state index contributed by atoms with van der Waals surface area (Å²) in [6, 6.07) is 27.5. The molecule has 1 aliphatic rings. The van der Waals surface area contributed by atoms with Gasteiger partial charge >= 0.3 is 0 Å². The van der Waals surface area contributed by atoms with Crippen molar-refractivity contribution >= 4 is 43.3 Å². The Morgan fingerprint density at radius 2 is 1.56 bits per heavy atom. The van der Waals surface area contributed by atoms with Crippen LogP contribution < -0.4 is 5.01 Å². The molecule has 1 aliphatic heterocycles. The molecule has 1 heterocycles. The van der Waals surface area contributed by atoms with Crippen LogP contribution in [0.1, 0.15) is 23.6 Å². The van der Waals surface area contributed by atoms with Crippen LogP contribution in [-0.4, -0.2) is 5.71 Å². The Balaban J connectivity index is 1.76. The molecule has 0 aromatic heterocycles. The minimum absolute atomic E-state index is 0.203.